The Morgan fingerprint density at radius 3 is 2.50 bits per heavy atom. The van der Waals surface area contributed by atoms with Gasteiger partial charge in [-0.15, -0.1) is 0 Å². The molecule has 4 heteroatoms. The summed E-state index contributed by atoms with van der Waals surface area (Å²) in [5.74, 6) is -0.136. The standard InChI is InChI=1S/C12H23NO3/c1-12(2,3)16-11(14)5-6-13-9-7-10(8-9)15-4/h9-10,13H,5-8H2,1-4H3. The third kappa shape index (κ3) is 4.94. The second-order valence-electron chi connectivity index (χ2n) is 5.32. The molecular weight excluding hydrogens is 206 g/mol. The van der Waals surface area contributed by atoms with Crippen molar-refractivity contribution in [3.05, 3.63) is 0 Å². The summed E-state index contributed by atoms with van der Waals surface area (Å²) in [5, 5.41) is 3.32. The van der Waals surface area contributed by atoms with E-state index < -0.39 is 0 Å². The van der Waals surface area contributed by atoms with E-state index in [-0.39, 0.29) is 11.6 Å². The van der Waals surface area contributed by atoms with Crippen LogP contribution in [0.15, 0.2) is 0 Å². The molecule has 1 rings (SSSR count). The zero-order valence-corrected chi connectivity index (χ0v) is 10.7. The summed E-state index contributed by atoms with van der Waals surface area (Å²) in [5.41, 5.74) is -0.380. The second-order valence-corrected chi connectivity index (χ2v) is 5.32. The highest BCUT2D eigenvalue weighted by molar-refractivity contribution is 5.70. The van der Waals surface area contributed by atoms with Crippen molar-refractivity contribution in [2.24, 2.45) is 0 Å². The van der Waals surface area contributed by atoms with Gasteiger partial charge in [-0.05, 0) is 33.6 Å². The summed E-state index contributed by atoms with van der Waals surface area (Å²) < 4.78 is 10.4. The van der Waals surface area contributed by atoms with Crippen LogP contribution in [-0.2, 0) is 14.3 Å². The lowest BCUT2D eigenvalue weighted by atomic mass is 9.89. The lowest BCUT2D eigenvalue weighted by molar-refractivity contribution is -0.154. The van der Waals surface area contributed by atoms with Gasteiger partial charge in [0.25, 0.3) is 0 Å². The van der Waals surface area contributed by atoms with Crippen molar-refractivity contribution in [3.8, 4) is 0 Å². The van der Waals surface area contributed by atoms with Crippen molar-refractivity contribution >= 4 is 5.97 Å². The van der Waals surface area contributed by atoms with E-state index in [0.717, 1.165) is 12.8 Å². The van der Waals surface area contributed by atoms with Gasteiger partial charge in [0.2, 0.25) is 0 Å². The molecule has 1 saturated carbocycles. The molecule has 0 heterocycles. The van der Waals surface area contributed by atoms with E-state index in [1.807, 2.05) is 20.8 Å². The molecule has 0 saturated heterocycles. The number of hydrogen-bond donors (Lipinski definition) is 1. The Bertz CT molecular complexity index is 229. The van der Waals surface area contributed by atoms with E-state index in [1.54, 1.807) is 7.11 Å². The molecule has 0 unspecified atom stereocenters. The third-order valence-electron chi connectivity index (χ3n) is 2.61. The maximum atomic E-state index is 11.4. The summed E-state index contributed by atoms with van der Waals surface area (Å²) in [4.78, 5) is 11.4. The van der Waals surface area contributed by atoms with E-state index in [2.05, 4.69) is 5.32 Å². The van der Waals surface area contributed by atoms with Crippen LogP contribution in [0.5, 0.6) is 0 Å². The molecule has 1 aliphatic rings. The Balaban J connectivity index is 2.02. The minimum Gasteiger partial charge on any atom is -0.460 e. The molecule has 0 aromatic rings. The highest BCUT2D eigenvalue weighted by atomic mass is 16.6. The number of carbonyl (C=O) groups excluding carboxylic acids is 1. The van der Waals surface area contributed by atoms with Crippen molar-refractivity contribution in [2.45, 2.75) is 57.8 Å². The number of ether oxygens (including phenoxy) is 2. The molecule has 1 N–H and O–H groups in total. The fraction of sp³-hybridized carbons (Fsp3) is 0.917. The molecule has 0 spiro atoms. The number of methoxy groups -OCH3 is 1. The largest absolute Gasteiger partial charge is 0.460 e. The molecule has 1 fully saturated rings. The van der Waals surface area contributed by atoms with E-state index in [1.165, 1.54) is 0 Å². The Hall–Kier alpha value is -0.610. The molecule has 1 aliphatic carbocycles. The van der Waals surface area contributed by atoms with E-state index in [9.17, 15) is 4.79 Å². The van der Waals surface area contributed by atoms with Gasteiger partial charge in [-0.3, -0.25) is 4.79 Å². The SMILES string of the molecule is COC1CC(NCCC(=O)OC(C)(C)C)C1. The van der Waals surface area contributed by atoms with Gasteiger partial charge in [-0.25, -0.2) is 0 Å². The third-order valence-corrected chi connectivity index (χ3v) is 2.61. The van der Waals surface area contributed by atoms with Crippen molar-refractivity contribution in [3.63, 3.8) is 0 Å². The zero-order valence-electron chi connectivity index (χ0n) is 10.7. The Morgan fingerprint density at radius 1 is 1.38 bits per heavy atom. The van der Waals surface area contributed by atoms with Crippen LogP contribution >= 0.6 is 0 Å². The summed E-state index contributed by atoms with van der Waals surface area (Å²) in [6, 6.07) is 0.507. The fourth-order valence-corrected chi connectivity index (χ4v) is 1.70. The van der Waals surface area contributed by atoms with Gasteiger partial charge >= 0.3 is 5.97 Å². The molecule has 0 aromatic carbocycles. The highest BCUT2D eigenvalue weighted by Crippen LogP contribution is 2.22. The average Bonchev–Trinajstić information content (AvgIpc) is 2.05. The molecule has 94 valence electrons. The second kappa shape index (κ2) is 5.64. The number of carbonyl (C=O) groups is 1. The smallest absolute Gasteiger partial charge is 0.307 e. The summed E-state index contributed by atoms with van der Waals surface area (Å²) in [7, 11) is 1.74. The molecule has 16 heavy (non-hydrogen) atoms. The number of rotatable bonds is 5. The normalized spacial score (nSPS) is 25.0. The fourth-order valence-electron chi connectivity index (χ4n) is 1.70. The van der Waals surface area contributed by atoms with Crippen LogP contribution in [0, 0.1) is 0 Å². The molecule has 0 aromatic heterocycles. The molecule has 0 atom stereocenters. The maximum Gasteiger partial charge on any atom is 0.307 e. The predicted molar refractivity (Wildman–Crippen MR) is 62.3 cm³/mol. The average molecular weight is 229 g/mol. The van der Waals surface area contributed by atoms with Crippen molar-refractivity contribution < 1.29 is 14.3 Å². The highest BCUT2D eigenvalue weighted by Gasteiger charge is 2.28. The molecule has 0 radical (unpaired) electrons. The van der Waals surface area contributed by atoms with Gasteiger partial charge in [0, 0.05) is 19.7 Å². The molecular formula is C12H23NO3. The van der Waals surface area contributed by atoms with Gasteiger partial charge < -0.3 is 14.8 Å². The first-order valence-corrected chi connectivity index (χ1v) is 5.89. The van der Waals surface area contributed by atoms with Crippen LogP contribution in [0.1, 0.15) is 40.0 Å². The van der Waals surface area contributed by atoms with Crippen molar-refractivity contribution in [2.75, 3.05) is 13.7 Å². The predicted octanol–water partition coefficient (Wildman–Crippen LogP) is 1.49. The lowest BCUT2D eigenvalue weighted by Gasteiger charge is -2.34. The van der Waals surface area contributed by atoms with Crippen molar-refractivity contribution in [1.29, 1.82) is 0 Å². The van der Waals surface area contributed by atoms with Gasteiger partial charge in [0.15, 0.2) is 0 Å². The van der Waals surface area contributed by atoms with Gasteiger partial charge in [-0.1, -0.05) is 0 Å². The Kier molecular flexibility index (Phi) is 4.74. The van der Waals surface area contributed by atoms with Crippen LogP contribution in [0.25, 0.3) is 0 Å². The zero-order chi connectivity index (χ0) is 12.2. The topological polar surface area (TPSA) is 47.6 Å². The summed E-state index contributed by atoms with van der Waals surface area (Å²) in [6.07, 6.45) is 2.93. The number of nitrogens with one attached hydrogen (secondary N) is 1. The molecule has 4 nitrogen and oxygen atoms in total. The monoisotopic (exact) mass is 229 g/mol. The first-order chi connectivity index (χ1) is 7.40. The summed E-state index contributed by atoms with van der Waals surface area (Å²) in [6.45, 7) is 6.34. The van der Waals surface area contributed by atoms with E-state index >= 15 is 0 Å². The molecule has 0 bridgehead atoms. The molecule has 0 amide bonds. The van der Waals surface area contributed by atoms with Crippen LogP contribution < -0.4 is 5.32 Å². The minimum absolute atomic E-state index is 0.136. The van der Waals surface area contributed by atoms with E-state index in [0.29, 0.717) is 25.1 Å². The van der Waals surface area contributed by atoms with Crippen LogP contribution in [0.3, 0.4) is 0 Å². The lowest BCUT2D eigenvalue weighted by Crippen LogP contribution is -2.45. The quantitative estimate of drug-likeness (QED) is 0.725. The van der Waals surface area contributed by atoms with Crippen LogP contribution in [0.2, 0.25) is 0 Å². The Labute approximate surface area is 97.7 Å². The van der Waals surface area contributed by atoms with Gasteiger partial charge in [0.1, 0.15) is 5.60 Å². The first kappa shape index (κ1) is 13.5. The van der Waals surface area contributed by atoms with Crippen LogP contribution in [-0.4, -0.2) is 37.4 Å². The van der Waals surface area contributed by atoms with E-state index in [4.69, 9.17) is 9.47 Å². The van der Waals surface area contributed by atoms with Gasteiger partial charge in [-0.2, -0.15) is 0 Å². The number of hydrogen-bond acceptors (Lipinski definition) is 4. The molecule has 0 aliphatic heterocycles. The van der Waals surface area contributed by atoms with Crippen LogP contribution in [0.4, 0.5) is 0 Å². The summed E-state index contributed by atoms with van der Waals surface area (Å²) >= 11 is 0. The Morgan fingerprint density at radius 2 is 2.00 bits per heavy atom. The first-order valence-electron chi connectivity index (χ1n) is 5.89. The van der Waals surface area contributed by atoms with Gasteiger partial charge in [0.05, 0.1) is 12.5 Å². The van der Waals surface area contributed by atoms with Crippen molar-refractivity contribution in [1.82, 2.24) is 5.32 Å². The number of esters is 1. The maximum absolute atomic E-state index is 11.4. The minimum atomic E-state index is -0.380.